The second-order valence-electron chi connectivity index (χ2n) is 2.87. The highest BCUT2D eigenvalue weighted by atomic mass is 32.1. The van der Waals surface area contributed by atoms with Crippen molar-refractivity contribution in [1.29, 1.82) is 0 Å². The van der Waals surface area contributed by atoms with Crippen LogP contribution in [-0.2, 0) is 9.68 Å². The molecule has 5 heteroatoms. The van der Waals surface area contributed by atoms with E-state index in [1.807, 2.05) is 35.0 Å². The van der Waals surface area contributed by atoms with Gasteiger partial charge in [-0.1, -0.05) is 12.1 Å². The molecule has 0 radical (unpaired) electrons. The van der Waals surface area contributed by atoms with E-state index in [9.17, 15) is 4.79 Å². The molecule has 0 aliphatic carbocycles. The molecule has 0 amide bonds. The molecular formula is C10H8O3S2. The average Bonchev–Trinajstić information content (AvgIpc) is 2.90. The molecule has 0 atom stereocenters. The molecule has 2 aromatic heterocycles. The maximum atomic E-state index is 11.4. The van der Waals surface area contributed by atoms with E-state index in [2.05, 4.69) is 4.89 Å². The molecule has 2 heterocycles. The molecule has 2 aromatic rings. The minimum Gasteiger partial charge on any atom is -0.300 e. The fourth-order valence-electron chi connectivity index (χ4n) is 1.34. The van der Waals surface area contributed by atoms with Gasteiger partial charge < -0.3 is 0 Å². The van der Waals surface area contributed by atoms with Gasteiger partial charge in [0.05, 0.1) is 0 Å². The van der Waals surface area contributed by atoms with Crippen molar-refractivity contribution in [3.05, 3.63) is 44.8 Å². The van der Waals surface area contributed by atoms with Crippen molar-refractivity contribution in [3.8, 4) is 0 Å². The Balaban J connectivity index is 2.37. The first-order valence-corrected chi connectivity index (χ1v) is 6.01. The first-order chi connectivity index (χ1) is 7.33. The van der Waals surface area contributed by atoms with Gasteiger partial charge in [0, 0.05) is 9.75 Å². The van der Waals surface area contributed by atoms with Gasteiger partial charge in [-0.3, -0.25) is 4.89 Å². The summed E-state index contributed by atoms with van der Waals surface area (Å²) < 4.78 is 0. The summed E-state index contributed by atoms with van der Waals surface area (Å²) in [7, 11) is 0. The molecule has 0 fully saturated rings. The third kappa shape index (κ3) is 2.09. The van der Waals surface area contributed by atoms with Gasteiger partial charge >= 0.3 is 5.97 Å². The van der Waals surface area contributed by atoms with Gasteiger partial charge in [0.15, 0.2) is 0 Å². The highest BCUT2D eigenvalue weighted by molar-refractivity contribution is 7.11. The quantitative estimate of drug-likeness (QED) is 0.662. The van der Waals surface area contributed by atoms with Gasteiger partial charge in [0.2, 0.25) is 0 Å². The van der Waals surface area contributed by atoms with E-state index in [4.69, 9.17) is 5.26 Å². The molecule has 0 unspecified atom stereocenters. The van der Waals surface area contributed by atoms with Crippen molar-refractivity contribution < 1.29 is 14.9 Å². The van der Waals surface area contributed by atoms with Crippen LogP contribution in [0.3, 0.4) is 0 Å². The van der Waals surface area contributed by atoms with Crippen molar-refractivity contribution in [2.24, 2.45) is 0 Å². The van der Waals surface area contributed by atoms with E-state index in [0.29, 0.717) is 0 Å². The van der Waals surface area contributed by atoms with Crippen LogP contribution in [-0.4, -0.2) is 11.2 Å². The van der Waals surface area contributed by atoms with E-state index in [0.717, 1.165) is 9.75 Å². The number of hydrogen-bond acceptors (Lipinski definition) is 5. The minimum absolute atomic E-state index is 0.505. The van der Waals surface area contributed by atoms with Crippen LogP contribution in [0.2, 0.25) is 0 Å². The normalized spacial score (nSPS) is 10.5. The highest BCUT2D eigenvalue weighted by Crippen LogP contribution is 2.32. The third-order valence-electron chi connectivity index (χ3n) is 1.98. The van der Waals surface area contributed by atoms with Crippen LogP contribution in [0.1, 0.15) is 15.7 Å². The standard InChI is InChI=1S/C10H8O3S2/c11-10(13-12)9(7-3-1-5-14-7)8-4-2-6-15-8/h1-6,9,12H. The summed E-state index contributed by atoms with van der Waals surface area (Å²) in [5.41, 5.74) is 0. The summed E-state index contributed by atoms with van der Waals surface area (Å²) in [5.74, 6) is -1.14. The Kier molecular flexibility index (Phi) is 3.15. The van der Waals surface area contributed by atoms with Crippen molar-refractivity contribution >= 4 is 28.6 Å². The topological polar surface area (TPSA) is 46.5 Å². The van der Waals surface area contributed by atoms with Gasteiger partial charge in [-0.15, -0.1) is 22.7 Å². The maximum absolute atomic E-state index is 11.4. The predicted molar refractivity (Wildman–Crippen MR) is 59.2 cm³/mol. The first kappa shape index (κ1) is 10.4. The number of carbonyl (C=O) groups is 1. The fraction of sp³-hybridized carbons (Fsp3) is 0.100. The van der Waals surface area contributed by atoms with Crippen LogP contribution < -0.4 is 0 Å². The van der Waals surface area contributed by atoms with Gasteiger partial charge in [-0.05, 0) is 22.9 Å². The summed E-state index contributed by atoms with van der Waals surface area (Å²) in [4.78, 5) is 17.0. The lowest BCUT2D eigenvalue weighted by molar-refractivity contribution is -0.234. The Bertz CT molecular complexity index is 385. The van der Waals surface area contributed by atoms with Gasteiger partial charge in [0.1, 0.15) is 5.92 Å². The summed E-state index contributed by atoms with van der Waals surface area (Å²) >= 11 is 2.94. The van der Waals surface area contributed by atoms with E-state index in [-0.39, 0.29) is 0 Å². The van der Waals surface area contributed by atoms with Crippen molar-refractivity contribution in [1.82, 2.24) is 0 Å². The van der Waals surface area contributed by atoms with Gasteiger partial charge in [0.25, 0.3) is 0 Å². The molecule has 0 aliphatic heterocycles. The molecule has 0 saturated carbocycles. The molecule has 78 valence electrons. The fourth-order valence-corrected chi connectivity index (χ4v) is 3.07. The van der Waals surface area contributed by atoms with E-state index in [1.54, 1.807) is 0 Å². The van der Waals surface area contributed by atoms with E-state index in [1.165, 1.54) is 22.7 Å². The van der Waals surface area contributed by atoms with Gasteiger partial charge in [-0.25, -0.2) is 4.79 Å². The summed E-state index contributed by atoms with van der Waals surface area (Å²) in [5, 5.41) is 12.2. The zero-order valence-corrected chi connectivity index (χ0v) is 9.25. The molecular weight excluding hydrogens is 232 g/mol. The van der Waals surface area contributed by atoms with Crippen LogP contribution in [0, 0.1) is 0 Å². The predicted octanol–water partition coefficient (Wildman–Crippen LogP) is 2.96. The van der Waals surface area contributed by atoms with Crippen molar-refractivity contribution in [2.75, 3.05) is 0 Å². The smallest absolute Gasteiger partial charge is 0.300 e. The molecule has 0 saturated heterocycles. The maximum Gasteiger partial charge on any atom is 0.355 e. The Morgan fingerprint density at radius 1 is 1.20 bits per heavy atom. The lowest BCUT2D eigenvalue weighted by Gasteiger charge is -2.08. The molecule has 15 heavy (non-hydrogen) atoms. The number of rotatable bonds is 3. The van der Waals surface area contributed by atoms with Gasteiger partial charge in [-0.2, -0.15) is 5.26 Å². The minimum atomic E-state index is -0.639. The first-order valence-electron chi connectivity index (χ1n) is 4.25. The summed E-state index contributed by atoms with van der Waals surface area (Å²) in [6.45, 7) is 0. The zero-order chi connectivity index (χ0) is 10.7. The Morgan fingerprint density at radius 3 is 2.07 bits per heavy atom. The third-order valence-corrected chi connectivity index (χ3v) is 3.86. The van der Waals surface area contributed by atoms with Crippen molar-refractivity contribution in [2.45, 2.75) is 5.92 Å². The Labute approximate surface area is 94.5 Å². The number of thiophene rings is 2. The largest absolute Gasteiger partial charge is 0.355 e. The van der Waals surface area contributed by atoms with E-state index >= 15 is 0 Å². The number of hydrogen-bond donors (Lipinski definition) is 1. The highest BCUT2D eigenvalue weighted by Gasteiger charge is 2.26. The SMILES string of the molecule is O=C(OO)C(c1cccs1)c1cccs1. The second-order valence-corrected chi connectivity index (χ2v) is 4.83. The van der Waals surface area contributed by atoms with Crippen molar-refractivity contribution in [3.63, 3.8) is 0 Å². The molecule has 3 nitrogen and oxygen atoms in total. The lowest BCUT2D eigenvalue weighted by Crippen LogP contribution is -2.13. The zero-order valence-electron chi connectivity index (χ0n) is 7.62. The molecule has 0 bridgehead atoms. The molecule has 0 aliphatic rings. The molecule has 0 aromatic carbocycles. The van der Waals surface area contributed by atoms with Crippen LogP contribution >= 0.6 is 22.7 Å². The average molecular weight is 240 g/mol. The van der Waals surface area contributed by atoms with Crippen LogP contribution in [0.4, 0.5) is 0 Å². The van der Waals surface area contributed by atoms with Crippen LogP contribution in [0.25, 0.3) is 0 Å². The van der Waals surface area contributed by atoms with Crippen LogP contribution in [0.5, 0.6) is 0 Å². The summed E-state index contributed by atoms with van der Waals surface area (Å²) in [6, 6.07) is 7.44. The monoisotopic (exact) mass is 240 g/mol. The molecule has 2 rings (SSSR count). The van der Waals surface area contributed by atoms with Crippen LogP contribution in [0.15, 0.2) is 35.0 Å². The van der Waals surface area contributed by atoms with E-state index < -0.39 is 11.9 Å². The second kappa shape index (κ2) is 4.57. The lowest BCUT2D eigenvalue weighted by atomic mass is 10.1. The summed E-state index contributed by atoms with van der Waals surface area (Å²) in [6.07, 6.45) is 0. The number of carbonyl (C=O) groups excluding carboxylic acids is 1. The molecule has 0 spiro atoms. The molecule has 1 N–H and O–H groups in total. The Hall–Kier alpha value is -1.17. The Morgan fingerprint density at radius 2 is 1.73 bits per heavy atom.